The van der Waals surface area contributed by atoms with E-state index in [0.29, 0.717) is 18.8 Å². The number of aromatic nitrogens is 2. The number of H-pyrrole nitrogens is 1. The molecule has 0 spiro atoms. The SMILES string of the molecule is CCCCCCCCc1csc(N2CCc3cc(S(=O)(=O)Nc4ccc(CCNCC(O)c5ccc6[nH]ccc6c5)cc4)ccc32)n1. The number of aliphatic hydroxyl groups excluding tert-OH is 1. The molecule has 1 aliphatic heterocycles. The fourth-order valence-electron chi connectivity index (χ4n) is 6.19. The molecular weight excluding hydrogens is 627 g/mol. The third kappa shape index (κ3) is 8.43. The molecule has 8 nitrogen and oxygen atoms in total. The van der Waals surface area contributed by atoms with Gasteiger partial charge < -0.3 is 20.3 Å². The van der Waals surface area contributed by atoms with E-state index in [4.69, 9.17) is 4.98 Å². The molecule has 248 valence electrons. The second kappa shape index (κ2) is 15.5. The molecule has 0 amide bonds. The highest BCUT2D eigenvalue weighted by atomic mass is 32.2. The first-order valence-corrected chi connectivity index (χ1v) is 19.2. The number of fused-ring (bicyclic) bond motifs is 2. The number of hydrogen-bond acceptors (Lipinski definition) is 7. The lowest BCUT2D eigenvalue weighted by molar-refractivity contribution is 0.175. The highest BCUT2D eigenvalue weighted by Crippen LogP contribution is 2.37. The van der Waals surface area contributed by atoms with Crippen LogP contribution in [0.4, 0.5) is 16.5 Å². The van der Waals surface area contributed by atoms with Crippen molar-refractivity contribution in [3.05, 3.63) is 101 Å². The minimum Gasteiger partial charge on any atom is -0.387 e. The molecule has 0 bridgehead atoms. The van der Waals surface area contributed by atoms with Gasteiger partial charge in [0, 0.05) is 41.6 Å². The quantitative estimate of drug-likeness (QED) is 0.0749. The molecule has 0 fully saturated rings. The van der Waals surface area contributed by atoms with Crippen molar-refractivity contribution in [2.24, 2.45) is 0 Å². The van der Waals surface area contributed by atoms with Gasteiger partial charge in [0.2, 0.25) is 0 Å². The van der Waals surface area contributed by atoms with Gasteiger partial charge in [0.15, 0.2) is 5.13 Å². The number of aliphatic hydroxyl groups is 1. The van der Waals surface area contributed by atoms with Crippen LogP contribution in [0.25, 0.3) is 10.9 Å². The van der Waals surface area contributed by atoms with Gasteiger partial charge in [-0.15, -0.1) is 11.3 Å². The summed E-state index contributed by atoms with van der Waals surface area (Å²) < 4.78 is 29.3. The highest BCUT2D eigenvalue weighted by Gasteiger charge is 2.25. The largest absolute Gasteiger partial charge is 0.387 e. The fourth-order valence-corrected chi connectivity index (χ4v) is 8.20. The lowest BCUT2D eigenvalue weighted by Crippen LogP contribution is -2.23. The first kappa shape index (κ1) is 33.2. The molecule has 1 unspecified atom stereocenters. The van der Waals surface area contributed by atoms with Crippen LogP contribution in [0.15, 0.2) is 83.2 Å². The predicted molar refractivity (Wildman–Crippen MR) is 193 cm³/mol. The summed E-state index contributed by atoms with van der Waals surface area (Å²) in [5.74, 6) is 0. The van der Waals surface area contributed by atoms with Crippen molar-refractivity contribution < 1.29 is 13.5 Å². The number of anilines is 3. The molecule has 3 aromatic carbocycles. The second-order valence-electron chi connectivity index (χ2n) is 12.4. The number of thiazole rings is 1. The zero-order valence-electron chi connectivity index (χ0n) is 27.0. The maximum atomic E-state index is 13.3. The molecule has 6 rings (SSSR count). The van der Waals surface area contributed by atoms with Crippen molar-refractivity contribution in [1.82, 2.24) is 15.3 Å². The van der Waals surface area contributed by atoms with Gasteiger partial charge in [0.05, 0.1) is 16.7 Å². The van der Waals surface area contributed by atoms with Gasteiger partial charge in [0.1, 0.15) is 0 Å². The monoisotopic (exact) mass is 671 g/mol. The predicted octanol–water partition coefficient (Wildman–Crippen LogP) is 7.89. The Morgan fingerprint density at radius 3 is 2.66 bits per heavy atom. The molecule has 1 aliphatic rings. The number of nitrogens with zero attached hydrogens (tertiary/aromatic N) is 2. The summed E-state index contributed by atoms with van der Waals surface area (Å²) in [4.78, 5) is 10.6. The molecule has 2 aromatic heterocycles. The molecule has 0 aliphatic carbocycles. The van der Waals surface area contributed by atoms with Gasteiger partial charge in [-0.05, 0) is 103 Å². The Morgan fingerprint density at radius 1 is 0.979 bits per heavy atom. The first-order valence-electron chi connectivity index (χ1n) is 16.8. The summed E-state index contributed by atoms with van der Waals surface area (Å²) in [5.41, 5.74) is 6.76. The maximum Gasteiger partial charge on any atom is 0.261 e. The molecule has 1 atom stereocenters. The van der Waals surface area contributed by atoms with Crippen LogP contribution in [0.1, 0.15) is 73.9 Å². The average molecular weight is 672 g/mol. The van der Waals surface area contributed by atoms with Crippen molar-refractivity contribution in [3.63, 3.8) is 0 Å². The van der Waals surface area contributed by atoms with Crippen LogP contribution in [0.2, 0.25) is 0 Å². The minimum atomic E-state index is -3.74. The Balaban J connectivity index is 0.977. The minimum absolute atomic E-state index is 0.267. The van der Waals surface area contributed by atoms with Crippen molar-refractivity contribution in [1.29, 1.82) is 0 Å². The zero-order valence-corrected chi connectivity index (χ0v) is 28.7. The summed E-state index contributed by atoms with van der Waals surface area (Å²) >= 11 is 1.67. The van der Waals surface area contributed by atoms with E-state index in [9.17, 15) is 13.5 Å². The zero-order chi connectivity index (χ0) is 32.6. The van der Waals surface area contributed by atoms with Crippen LogP contribution in [-0.2, 0) is 29.3 Å². The highest BCUT2D eigenvalue weighted by molar-refractivity contribution is 7.92. The molecule has 4 N–H and O–H groups in total. The van der Waals surface area contributed by atoms with Crippen LogP contribution < -0.4 is 14.9 Å². The van der Waals surface area contributed by atoms with E-state index >= 15 is 0 Å². The van der Waals surface area contributed by atoms with Gasteiger partial charge in [-0.1, -0.05) is 57.2 Å². The molecule has 10 heteroatoms. The van der Waals surface area contributed by atoms with Crippen LogP contribution in [0.5, 0.6) is 0 Å². The van der Waals surface area contributed by atoms with Gasteiger partial charge in [0.25, 0.3) is 10.0 Å². The molecular formula is C37H45N5O3S2. The van der Waals surface area contributed by atoms with E-state index in [2.05, 4.69) is 32.2 Å². The van der Waals surface area contributed by atoms with Crippen LogP contribution in [0.3, 0.4) is 0 Å². The molecule has 47 heavy (non-hydrogen) atoms. The van der Waals surface area contributed by atoms with E-state index in [-0.39, 0.29) is 4.90 Å². The Morgan fingerprint density at radius 2 is 1.81 bits per heavy atom. The number of nitrogens with one attached hydrogen (secondary N) is 3. The van der Waals surface area contributed by atoms with Gasteiger partial charge in [-0.25, -0.2) is 13.4 Å². The Labute approximate surface area is 282 Å². The van der Waals surface area contributed by atoms with E-state index in [0.717, 1.165) is 69.9 Å². The van der Waals surface area contributed by atoms with Crippen molar-refractivity contribution >= 4 is 48.8 Å². The summed E-state index contributed by atoms with van der Waals surface area (Å²) in [6.45, 7) is 4.20. The second-order valence-corrected chi connectivity index (χ2v) is 14.9. The lowest BCUT2D eigenvalue weighted by atomic mass is 10.1. The molecule has 0 radical (unpaired) electrons. The van der Waals surface area contributed by atoms with Crippen LogP contribution in [-0.4, -0.2) is 43.1 Å². The number of sulfonamides is 1. The molecule has 3 heterocycles. The maximum absolute atomic E-state index is 13.3. The van der Waals surface area contributed by atoms with Crippen LogP contribution >= 0.6 is 11.3 Å². The summed E-state index contributed by atoms with van der Waals surface area (Å²) in [6.07, 6.45) is 11.5. The van der Waals surface area contributed by atoms with Gasteiger partial charge in [-0.3, -0.25) is 4.72 Å². The summed E-state index contributed by atoms with van der Waals surface area (Å²) in [5, 5.41) is 18.1. The van der Waals surface area contributed by atoms with Crippen molar-refractivity contribution in [2.75, 3.05) is 29.3 Å². The number of benzene rings is 3. The number of aromatic amines is 1. The van der Waals surface area contributed by atoms with E-state index in [1.807, 2.05) is 48.7 Å². The smallest absolute Gasteiger partial charge is 0.261 e. The first-order chi connectivity index (χ1) is 22.9. The van der Waals surface area contributed by atoms with E-state index in [1.165, 1.54) is 38.5 Å². The Bertz CT molecular complexity index is 1870. The number of hydrogen-bond donors (Lipinski definition) is 4. The fraction of sp³-hybridized carbons (Fsp3) is 0.378. The lowest BCUT2D eigenvalue weighted by Gasteiger charge is -2.16. The van der Waals surface area contributed by atoms with Gasteiger partial charge in [-0.2, -0.15) is 0 Å². The van der Waals surface area contributed by atoms with Crippen molar-refractivity contribution in [2.45, 2.75) is 75.7 Å². The number of unbranched alkanes of at least 4 members (excludes halogenated alkanes) is 5. The normalized spacial score (nSPS) is 13.7. The Hall–Kier alpha value is -3.70. The summed E-state index contributed by atoms with van der Waals surface area (Å²) in [6, 6.07) is 20.8. The van der Waals surface area contributed by atoms with Crippen LogP contribution in [0, 0.1) is 0 Å². The average Bonchev–Trinajstić information content (AvgIpc) is 3.84. The van der Waals surface area contributed by atoms with Gasteiger partial charge >= 0.3 is 0 Å². The van der Waals surface area contributed by atoms with E-state index < -0.39 is 16.1 Å². The summed E-state index contributed by atoms with van der Waals surface area (Å²) in [7, 11) is -3.74. The van der Waals surface area contributed by atoms with E-state index in [1.54, 1.807) is 35.6 Å². The standard InChI is InChI=1S/C37H45N5O3S2/c1-2-3-4-5-6-7-8-32-26-46-37(40-32)42-22-19-29-24-33(14-16-35(29)42)47(44,45)41-31-12-9-27(10-13-31)17-20-38-25-36(43)30-11-15-34-28(23-30)18-21-39-34/h9-16,18,21,23-24,26,36,38-39,41,43H,2-8,17,19-20,22,25H2,1H3. The molecule has 5 aromatic rings. The van der Waals surface area contributed by atoms with Crippen molar-refractivity contribution in [3.8, 4) is 0 Å². The topological polar surface area (TPSA) is 110 Å². The number of aryl methyl sites for hydroxylation is 1. The molecule has 0 saturated carbocycles. The third-order valence-electron chi connectivity index (χ3n) is 8.91. The number of rotatable bonds is 17. The molecule has 0 saturated heterocycles. The Kier molecular flexibility index (Phi) is 10.9. The third-order valence-corrected chi connectivity index (χ3v) is 11.2.